The van der Waals surface area contributed by atoms with Gasteiger partial charge < -0.3 is 10.0 Å². The average Bonchev–Trinajstić information content (AvgIpc) is 3.10. The monoisotopic (exact) mass is 646 g/mol. The van der Waals surface area contributed by atoms with E-state index in [-0.39, 0.29) is 42.6 Å². The summed E-state index contributed by atoms with van der Waals surface area (Å²) in [5, 5.41) is 22.1. The molecule has 1 unspecified atom stereocenters. The van der Waals surface area contributed by atoms with Gasteiger partial charge >= 0.3 is 18.3 Å². The van der Waals surface area contributed by atoms with Gasteiger partial charge in [-0.1, -0.05) is 22.9 Å². The number of rotatable bonds is 12. The molecule has 1 aromatic rings. The Morgan fingerprint density at radius 1 is 1.11 bits per heavy atom. The van der Waals surface area contributed by atoms with Crippen molar-refractivity contribution in [2.75, 3.05) is 38.3 Å². The average molecular weight is 647 g/mol. The van der Waals surface area contributed by atoms with Crippen LogP contribution in [-0.2, 0) is 11.0 Å². The first kappa shape index (κ1) is 36.3. The van der Waals surface area contributed by atoms with Gasteiger partial charge in [-0.25, -0.2) is 0 Å². The van der Waals surface area contributed by atoms with Crippen molar-refractivity contribution in [2.45, 2.75) is 90.5 Å². The Kier molecular flexibility index (Phi) is 12.4. The maximum atomic E-state index is 14.4. The van der Waals surface area contributed by atoms with Gasteiger partial charge in [0.25, 0.3) is 0 Å². The molecule has 8 nitrogen and oxygen atoms in total. The highest BCUT2D eigenvalue weighted by Crippen LogP contribution is 2.46. The first-order valence-corrected chi connectivity index (χ1v) is 15.2. The van der Waals surface area contributed by atoms with Crippen LogP contribution >= 0.6 is 0 Å². The summed E-state index contributed by atoms with van der Waals surface area (Å²) in [6.45, 7) is 9.06. The van der Waals surface area contributed by atoms with E-state index >= 15 is 0 Å². The maximum Gasteiger partial charge on any atom is 0.416 e. The molecular weight excluding hydrogens is 602 g/mol. The largest absolute Gasteiger partial charge is 0.481 e. The SMILES string of the molecule is C=NN(C)/N=N\CN(C/C(C)=C/CC(F)(F)F)C1CCCN(CC2CCC(CC(=O)O)CC2)c2c1cc(C)c(C(F)(F)F)c2C. The molecular formula is C31H44F6N6O2. The molecule has 1 N–H and O–H groups in total. The van der Waals surface area contributed by atoms with E-state index in [0.717, 1.165) is 36.9 Å². The Balaban J connectivity index is 2.05. The van der Waals surface area contributed by atoms with Gasteiger partial charge in [-0.3, -0.25) is 9.69 Å². The maximum absolute atomic E-state index is 14.4. The molecule has 1 saturated carbocycles. The smallest absolute Gasteiger partial charge is 0.416 e. The molecule has 14 heteroatoms. The number of benzene rings is 1. The fraction of sp³-hybridized carbons (Fsp3) is 0.677. The minimum Gasteiger partial charge on any atom is -0.481 e. The number of hydrazone groups is 1. The normalized spacial score (nSPS) is 21.6. The van der Waals surface area contributed by atoms with Gasteiger partial charge in [0, 0.05) is 44.5 Å². The number of nitrogens with zero attached hydrogens (tertiary/aromatic N) is 6. The first-order chi connectivity index (χ1) is 21.0. The second-order valence-corrected chi connectivity index (χ2v) is 12.3. The number of aryl methyl sites for hydroxylation is 1. The third-order valence-electron chi connectivity index (χ3n) is 8.76. The number of carboxylic acid groups (broad SMARTS) is 1. The Labute approximate surface area is 260 Å². The molecule has 0 radical (unpaired) electrons. The lowest BCUT2D eigenvalue weighted by Crippen LogP contribution is -2.34. The van der Waals surface area contributed by atoms with Gasteiger partial charge in [-0.2, -0.15) is 41.7 Å². The molecule has 1 heterocycles. The van der Waals surface area contributed by atoms with Crippen LogP contribution in [0.15, 0.2) is 33.2 Å². The molecule has 3 rings (SSSR count). The van der Waals surface area contributed by atoms with Crippen molar-refractivity contribution in [3.8, 4) is 0 Å². The first-order valence-electron chi connectivity index (χ1n) is 15.2. The fourth-order valence-electron chi connectivity index (χ4n) is 6.76. The summed E-state index contributed by atoms with van der Waals surface area (Å²) in [6, 6.07) is 1.14. The van der Waals surface area contributed by atoms with Crippen LogP contribution in [0, 0.1) is 25.7 Å². The number of allylic oxidation sites excluding steroid dienone is 1. The summed E-state index contributed by atoms with van der Waals surface area (Å²) in [6.07, 6.45) is -4.48. The Morgan fingerprint density at radius 2 is 1.76 bits per heavy atom. The van der Waals surface area contributed by atoms with Crippen LogP contribution in [0.25, 0.3) is 0 Å². The number of halogens is 6. The lowest BCUT2D eigenvalue weighted by atomic mass is 9.80. The summed E-state index contributed by atoms with van der Waals surface area (Å²) in [7, 11) is 1.52. The predicted octanol–water partition coefficient (Wildman–Crippen LogP) is 8.32. The molecule has 1 aliphatic carbocycles. The van der Waals surface area contributed by atoms with Crippen molar-refractivity contribution in [3.05, 3.63) is 40.0 Å². The number of anilines is 1. The quantitative estimate of drug-likeness (QED) is 0.0812. The van der Waals surface area contributed by atoms with Crippen LogP contribution in [0.3, 0.4) is 0 Å². The number of aliphatic carboxylic acids is 1. The number of alkyl halides is 6. The van der Waals surface area contributed by atoms with Gasteiger partial charge in [0.2, 0.25) is 0 Å². The number of fused-ring (bicyclic) bond motifs is 1. The van der Waals surface area contributed by atoms with E-state index in [1.807, 2.05) is 9.80 Å². The Hall–Kier alpha value is -3.16. The van der Waals surface area contributed by atoms with E-state index in [1.165, 1.54) is 20.9 Å². The highest BCUT2D eigenvalue weighted by Gasteiger charge is 2.39. The van der Waals surface area contributed by atoms with Crippen molar-refractivity contribution in [1.29, 1.82) is 0 Å². The fourth-order valence-corrected chi connectivity index (χ4v) is 6.76. The molecule has 1 aliphatic heterocycles. The molecule has 0 spiro atoms. The Bertz CT molecular complexity index is 1240. The number of hydrogen-bond acceptors (Lipinski definition) is 6. The second-order valence-electron chi connectivity index (χ2n) is 12.3. The minimum atomic E-state index is -4.57. The van der Waals surface area contributed by atoms with E-state index in [2.05, 4.69) is 22.2 Å². The molecule has 45 heavy (non-hydrogen) atoms. The second kappa shape index (κ2) is 15.4. The third kappa shape index (κ3) is 10.4. The summed E-state index contributed by atoms with van der Waals surface area (Å²) < 4.78 is 82.1. The summed E-state index contributed by atoms with van der Waals surface area (Å²) >= 11 is 0. The van der Waals surface area contributed by atoms with Crippen LogP contribution in [-0.4, -0.2) is 67.3 Å². The summed E-state index contributed by atoms with van der Waals surface area (Å²) in [4.78, 5) is 15.1. The van der Waals surface area contributed by atoms with Gasteiger partial charge in [0.15, 0.2) is 0 Å². The van der Waals surface area contributed by atoms with Crippen molar-refractivity contribution < 1.29 is 36.2 Å². The van der Waals surface area contributed by atoms with Crippen molar-refractivity contribution in [2.24, 2.45) is 27.3 Å². The molecule has 252 valence electrons. The molecule has 0 amide bonds. The van der Waals surface area contributed by atoms with E-state index in [9.17, 15) is 36.2 Å². The van der Waals surface area contributed by atoms with Crippen LogP contribution in [0.4, 0.5) is 32.0 Å². The summed E-state index contributed by atoms with van der Waals surface area (Å²) in [5.41, 5.74) is 1.18. The highest BCUT2D eigenvalue weighted by molar-refractivity contribution is 5.67. The zero-order valence-corrected chi connectivity index (χ0v) is 26.4. The lowest BCUT2D eigenvalue weighted by molar-refractivity contribution is -0.139. The van der Waals surface area contributed by atoms with E-state index < -0.39 is 36.3 Å². The molecule has 1 atom stereocenters. The van der Waals surface area contributed by atoms with Crippen molar-refractivity contribution in [1.82, 2.24) is 10.0 Å². The minimum absolute atomic E-state index is 0.0200. The zero-order chi connectivity index (χ0) is 33.5. The van der Waals surface area contributed by atoms with Gasteiger partial charge in [-0.15, -0.1) is 0 Å². The zero-order valence-electron chi connectivity index (χ0n) is 26.4. The van der Waals surface area contributed by atoms with Gasteiger partial charge in [0.1, 0.15) is 6.67 Å². The molecule has 1 aromatic carbocycles. The summed E-state index contributed by atoms with van der Waals surface area (Å²) in [5.74, 6) is -0.516. The topological polar surface area (TPSA) is 84.1 Å². The number of carboxylic acids is 1. The van der Waals surface area contributed by atoms with Gasteiger partial charge in [0.05, 0.1) is 19.0 Å². The highest BCUT2D eigenvalue weighted by atomic mass is 19.4. The molecule has 0 saturated heterocycles. The van der Waals surface area contributed by atoms with Crippen molar-refractivity contribution >= 4 is 18.4 Å². The van der Waals surface area contributed by atoms with Crippen molar-refractivity contribution in [3.63, 3.8) is 0 Å². The lowest BCUT2D eigenvalue weighted by Gasteiger charge is -2.37. The van der Waals surface area contributed by atoms with Crippen LogP contribution in [0.2, 0.25) is 0 Å². The third-order valence-corrected chi connectivity index (χ3v) is 8.76. The van der Waals surface area contributed by atoms with Crippen LogP contribution in [0.5, 0.6) is 0 Å². The Morgan fingerprint density at radius 3 is 2.33 bits per heavy atom. The van der Waals surface area contributed by atoms with E-state index in [4.69, 9.17) is 0 Å². The number of carbonyl (C=O) groups is 1. The number of hydrogen-bond donors (Lipinski definition) is 1. The van der Waals surface area contributed by atoms with E-state index in [1.54, 1.807) is 13.0 Å². The van der Waals surface area contributed by atoms with Crippen LogP contribution < -0.4 is 4.90 Å². The standard InChI is InChI=1S/C31H44F6N6O2/c1-20(12-13-30(32,33)34)17-43(19-39-40-41(5)38-4)26-7-6-14-42(18-24-10-8-23(9-11-24)16-27(44)45)29-22(3)28(31(35,36)37)21(2)15-25(26)29/h12,15,23-24,26H,4,6-11,13-14,16-19H2,1-3,5H3,(H,44,45)/b20-12+,40-39-. The molecule has 2 aliphatic rings. The van der Waals surface area contributed by atoms with Crippen LogP contribution in [0.1, 0.15) is 86.6 Å². The predicted molar refractivity (Wildman–Crippen MR) is 161 cm³/mol. The molecule has 0 bridgehead atoms. The molecule has 0 aromatic heterocycles. The van der Waals surface area contributed by atoms with Gasteiger partial charge in [-0.05, 0) is 87.8 Å². The molecule has 1 fully saturated rings. The van der Waals surface area contributed by atoms with E-state index in [0.29, 0.717) is 42.8 Å².